The van der Waals surface area contributed by atoms with Gasteiger partial charge in [-0.2, -0.15) is 0 Å². The van der Waals surface area contributed by atoms with Crippen LogP contribution in [0.25, 0.3) is 0 Å². The fraction of sp³-hybridized carbons (Fsp3) is 1.00. The van der Waals surface area contributed by atoms with Gasteiger partial charge in [-0.25, -0.2) is 0 Å². The number of ether oxygens (including phenoxy) is 1. The van der Waals surface area contributed by atoms with E-state index in [1.165, 1.54) is 57.9 Å². The average Bonchev–Trinajstić information content (AvgIpc) is 2.76. The summed E-state index contributed by atoms with van der Waals surface area (Å²) in [7, 11) is 0. The number of rotatable bonds is 0. The van der Waals surface area contributed by atoms with Crippen molar-refractivity contribution < 1.29 is 4.74 Å². The minimum Gasteiger partial charge on any atom is -0.360 e. The van der Waals surface area contributed by atoms with Crippen molar-refractivity contribution in [2.24, 2.45) is 11.3 Å². The molecule has 1 saturated heterocycles. The smallest absolute Gasteiger partial charge is 0.119 e. The van der Waals surface area contributed by atoms with Gasteiger partial charge in [-0.3, -0.25) is 5.32 Å². The van der Waals surface area contributed by atoms with Crippen LogP contribution in [0.2, 0.25) is 0 Å². The van der Waals surface area contributed by atoms with Gasteiger partial charge < -0.3 is 4.74 Å². The molecular weight excluding hydrogens is 198 g/mol. The molecule has 0 unspecified atom stereocenters. The molecule has 2 spiro atoms. The Kier molecular flexibility index (Phi) is 2.75. The summed E-state index contributed by atoms with van der Waals surface area (Å²) in [6, 6.07) is 0. The van der Waals surface area contributed by atoms with Crippen molar-refractivity contribution >= 4 is 0 Å². The SMILES string of the molecule is CC1CCC2(CC1)NCC1(CCCC1)CO2. The zero-order valence-electron chi connectivity index (χ0n) is 10.6. The minimum atomic E-state index is 0.0698. The van der Waals surface area contributed by atoms with Crippen LogP contribution >= 0.6 is 0 Å². The van der Waals surface area contributed by atoms with E-state index in [4.69, 9.17) is 4.74 Å². The molecule has 2 nitrogen and oxygen atoms in total. The van der Waals surface area contributed by atoms with E-state index in [9.17, 15) is 0 Å². The van der Waals surface area contributed by atoms with E-state index in [0.29, 0.717) is 5.41 Å². The largest absolute Gasteiger partial charge is 0.360 e. The second-order valence-corrected chi connectivity index (χ2v) is 6.53. The second kappa shape index (κ2) is 3.99. The minimum absolute atomic E-state index is 0.0698. The third-order valence-electron chi connectivity index (χ3n) is 5.19. The molecule has 2 saturated carbocycles. The van der Waals surface area contributed by atoms with Crippen molar-refractivity contribution in [2.75, 3.05) is 13.2 Å². The molecule has 3 rings (SSSR count). The molecule has 0 bridgehead atoms. The molecule has 0 radical (unpaired) electrons. The summed E-state index contributed by atoms with van der Waals surface area (Å²) < 4.78 is 6.28. The zero-order valence-corrected chi connectivity index (χ0v) is 10.6. The van der Waals surface area contributed by atoms with Crippen LogP contribution in [-0.4, -0.2) is 18.9 Å². The van der Waals surface area contributed by atoms with Crippen LogP contribution in [0, 0.1) is 11.3 Å². The van der Waals surface area contributed by atoms with Gasteiger partial charge in [-0.15, -0.1) is 0 Å². The Morgan fingerprint density at radius 1 is 1.06 bits per heavy atom. The molecule has 1 N–H and O–H groups in total. The molecule has 16 heavy (non-hydrogen) atoms. The predicted octanol–water partition coefficient (Wildman–Crippen LogP) is 3.07. The summed E-state index contributed by atoms with van der Waals surface area (Å²) >= 11 is 0. The van der Waals surface area contributed by atoms with Crippen LogP contribution in [0.4, 0.5) is 0 Å². The lowest BCUT2D eigenvalue weighted by Crippen LogP contribution is -2.59. The molecule has 92 valence electrons. The predicted molar refractivity (Wildman–Crippen MR) is 65.2 cm³/mol. The van der Waals surface area contributed by atoms with Crippen molar-refractivity contribution in [2.45, 2.75) is 64.0 Å². The van der Waals surface area contributed by atoms with Gasteiger partial charge in [-0.1, -0.05) is 19.8 Å². The molecule has 0 atom stereocenters. The summed E-state index contributed by atoms with van der Waals surface area (Å²) in [6.45, 7) is 4.60. The van der Waals surface area contributed by atoms with Gasteiger partial charge in [0.15, 0.2) is 0 Å². The van der Waals surface area contributed by atoms with Gasteiger partial charge in [0, 0.05) is 12.0 Å². The van der Waals surface area contributed by atoms with Crippen molar-refractivity contribution in [3.8, 4) is 0 Å². The first-order chi connectivity index (χ1) is 7.72. The van der Waals surface area contributed by atoms with E-state index >= 15 is 0 Å². The van der Waals surface area contributed by atoms with Crippen LogP contribution in [0.5, 0.6) is 0 Å². The van der Waals surface area contributed by atoms with Crippen LogP contribution < -0.4 is 5.32 Å². The Morgan fingerprint density at radius 3 is 2.31 bits per heavy atom. The molecule has 2 heteroatoms. The standard InChI is InChI=1S/C14H25NO/c1-12-4-8-14(9-5-12)15-10-13(11-16-14)6-2-3-7-13/h12,15H,2-11H2,1H3. The summed E-state index contributed by atoms with van der Waals surface area (Å²) in [4.78, 5) is 0. The van der Waals surface area contributed by atoms with Gasteiger partial charge in [-0.05, 0) is 44.4 Å². The number of hydrogen-bond donors (Lipinski definition) is 1. The Balaban J connectivity index is 1.61. The Bertz CT molecular complexity index is 237. The highest BCUT2D eigenvalue weighted by Crippen LogP contribution is 2.44. The van der Waals surface area contributed by atoms with E-state index in [1.54, 1.807) is 0 Å². The third-order valence-corrected chi connectivity index (χ3v) is 5.19. The second-order valence-electron chi connectivity index (χ2n) is 6.53. The maximum atomic E-state index is 6.28. The summed E-state index contributed by atoms with van der Waals surface area (Å²) in [5.41, 5.74) is 0.578. The van der Waals surface area contributed by atoms with Gasteiger partial charge in [0.2, 0.25) is 0 Å². The summed E-state index contributed by atoms with van der Waals surface area (Å²) in [6.07, 6.45) is 10.7. The van der Waals surface area contributed by atoms with Crippen LogP contribution in [0.3, 0.4) is 0 Å². The molecule has 1 heterocycles. The first kappa shape index (κ1) is 11.0. The molecule has 2 aliphatic carbocycles. The van der Waals surface area contributed by atoms with E-state index < -0.39 is 0 Å². The van der Waals surface area contributed by atoms with Crippen molar-refractivity contribution in [1.29, 1.82) is 0 Å². The lowest BCUT2D eigenvalue weighted by atomic mass is 9.80. The monoisotopic (exact) mass is 223 g/mol. The third kappa shape index (κ3) is 1.91. The summed E-state index contributed by atoms with van der Waals surface area (Å²) in [5.74, 6) is 0.901. The topological polar surface area (TPSA) is 21.3 Å². The Morgan fingerprint density at radius 2 is 1.75 bits per heavy atom. The Labute approximate surface area is 99.1 Å². The molecular formula is C14H25NO. The molecule has 0 aromatic heterocycles. The molecule has 1 aliphatic heterocycles. The highest BCUT2D eigenvalue weighted by molar-refractivity contribution is 4.96. The molecule has 0 amide bonds. The van der Waals surface area contributed by atoms with Gasteiger partial charge in [0.1, 0.15) is 5.72 Å². The van der Waals surface area contributed by atoms with Crippen molar-refractivity contribution in [1.82, 2.24) is 5.32 Å². The van der Waals surface area contributed by atoms with E-state index in [1.807, 2.05) is 0 Å². The van der Waals surface area contributed by atoms with E-state index in [2.05, 4.69) is 12.2 Å². The van der Waals surface area contributed by atoms with Crippen molar-refractivity contribution in [3.05, 3.63) is 0 Å². The highest BCUT2D eigenvalue weighted by atomic mass is 16.5. The maximum absolute atomic E-state index is 6.28. The average molecular weight is 223 g/mol. The number of nitrogens with one attached hydrogen (secondary N) is 1. The van der Waals surface area contributed by atoms with Gasteiger partial charge >= 0.3 is 0 Å². The quantitative estimate of drug-likeness (QED) is 0.681. The first-order valence-corrected chi connectivity index (χ1v) is 7.11. The number of hydrogen-bond acceptors (Lipinski definition) is 2. The molecule has 0 aromatic rings. The molecule has 3 fully saturated rings. The maximum Gasteiger partial charge on any atom is 0.119 e. The van der Waals surface area contributed by atoms with Crippen LogP contribution in [0.15, 0.2) is 0 Å². The Hall–Kier alpha value is -0.0800. The fourth-order valence-corrected chi connectivity index (χ4v) is 3.74. The summed E-state index contributed by atoms with van der Waals surface area (Å²) in [5, 5.41) is 3.77. The van der Waals surface area contributed by atoms with Crippen LogP contribution in [0.1, 0.15) is 58.3 Å². The molecule has 3 aliphatic rings. The van der Waals surface area contributed by atoms with E-state index in [0.717, 1.165) is 12.5 Å². The van der Waals surface area contributed by atoms with Crippen LogP contribution in [-0.2, 0) is 4.74 Å². The zero-order chi connectivity index (χ0) is 11.1. The van der Waals surface area contributed by atoms with Gasteiger partial charge in [0.25, 0.3) is 0 Å². The lowest BCUT2D eigenvalue weighted by molar-refractivity contribution is -0.163. The lowest BCUT2D eigenvalue weighted by Gasteiger charge is -2.48. The fourth-order valence-electron chi connectivity index (χ4n) is 3.74. The van der Waals surface area contributed by atoms with Gasteiger partial charge in [0.05, 0.1) is 6.61 Å². The van der Waals surface area contributed by atoms with Crippen molar-refractivity contribution in [3.63, 3.8) is 0 Å². The van der Waals surface area contributed by atoms with E-state index in [-0.39, 0.29) is 5.72 Å². The highest BCUT2D eigenvalue weighted by Gasteiger charge is 2.45. The normalized spacial score (nSPS) is 42.9. The molecule has 0 aromatic carbocycles. The first-order valence-electron chi connectivity index (χ1n) is 7.11.